The Labute approximate surface area is 119 Å². The van der Waals surface area contributed by atoms with Crippen LogP contribution in [0.2, 0.25) is 5.15 Å². The number of nitrogen functional groups attached to an aromatic ring is 1. The number of halogens is 2. The monoisotopic (exact) mass is 316 g/mol. The van der Waals surface area contributed by atoms with Gasteiger partial charge in [-0.25, -0.2) is 12.8 Å². The van der Waals surface area contributed by atoms with Crippen molar-refractivity contribution in [3.8, 4) is 0 Å². The SMILES string of the molecule is Cc1cc(F)c(N)cc1S(=O)(=O)Nc1ccc(Cl)nn1. The summed E-state index contributed by atoms with van der Waals surface area (Å²) in [6, 6.07) is 4.85. The van der Waals surface area contributed by atoms with E-state index >= 15 is 0 Å². The lowest BCUT2D eigenvalue weighted by Gasteiger charge is -2.10. The van der Waals surface area contributed by atoms with E-state index < -0.39 is 15.8 Å². The minimum absolute atomic E-state index is 0.00306. The molecule has 0 amide bonds. The molecular formula is C11H10ClFN4O2S. The number of nitrogens with two attached hydrogens (primary N) is 1. The first kappa shape index (κ1) is 14.5. The van der Waals surface area contributed by atoms with Gasteiger partial charge < -0.3 is 5.73 Å². The molecule has 106 valence electrons. The molecule has 0 radical (unpaired) electrons. The number of hydrogen-bond acceptors (Lipinski definition) is 5. The molecule has 0 saturated heterocycles. The number of hydrogen-bond donors (Lipinski definition) is 2. The Bertz CT molecular complexity index is 750. The quantitative estimate of drug-likeness (QED) is 0.843. The van der Waals surface area contributed by atoms with E-state index in [1.54, 1.807) is 0 Å². The van der Waals surface area contributed by atoms with Gasteiger partial charge in [0, 0.05) is 0 Å². The summed E-state index contributed by atoms with van der Waals surface area (Å²) in [6.45, 7) is 1.46. The molecule has 9 heteroatoms. The zero-order valence-electron chi connectivity index (χ0n) is 10.3. The summed E-state index contributed by atoms with van der Waals surface area (Å²) in [4.78, 5) is -0.131. The Morgan fingerprint density at radius 2 is 2.00 bits per heavy atom. The van der Waals surface area contributed by atoms with Crippen molar-refractivity contribution in [2.45, 2.75) is 11.8 Å². The Hall–Kier alpha value is -1.93. The summed E-state index contributed by atoms with van der Waals surface area (Å²) in [5.41, 5.74) is 5.36. The second-order valence-electron chi connectivity index (χ2n) is 3.99. The van der Waals surface area contributed by atoms with Gasteiger partial charge in [-0.1, -0.05) is 11.6 Å². The summed E-state index contributed by atoms with van der Waals surface area (Å²) in [5, 5.41) is 7.23. The predicted octanol–water partition coefficient (Wildman–Crippen LogP) is 1.96. The van der Waals surface area contributed by atoms with Gasteiger partial charge in [0.25, 0.3) is 10.0 Å². The van der Waals surface area contributed by atoms with Crippen LogP contribution >= 0.6 is 11.6 Å². The van der Waals surface area contributed by atoms with Crippen LogP contribution in [0.5, 0.6) is 0 Å². The fourth-order valence-electron chi connectivity index (χ4n) is 1.52. The molecule has 0 bridgehead atoms. The van der Waals surface area contributed by atoms with Gasteiger partial charge in [0.2, 0.25) is 0 Å². The molecule has 1 heterocycles. The summed E-state index contributed by atoms with van der Waals surface area (Å²) >= 11 is 5.55. The van der Waals surface area contributed by atoms with Gasteiger partial charge in [-0.2, -0.15) is 0 Å². The maximum Gasteiger partial charge on any atom is 0.263 e. The van der Waals surface area contributed by atoms with Gasteiger partial charge >= 0.3 is 0 Å². The van der Waals surface area contributed by atoms with E-state index in [2.05, 4.69) is 14.9 Å². The molecule has 20 heavy (non-hydrogen) atoms. The van der Waals surface area contributed by atoms with Gasteiger partial charge in [-0.3, -0.25) is 4.72 Å². The number of anilines is 2. The lowest BCUT2D eigenvalue weighted by molar-refractivity contribution is 0.599. The fraction of sp³-hybridized carbons (Fsp3) is 0.0909. The van der Waals surface area contributed by atoms with Crippen molar-refractivity contribution in [3.63, 3.8) is 0 Å². The molecule has 0 unspecified atom stereocenters. The van der Waals surface area contributed by atoms with E-state index in [1.165, 1.54) is 19.1 Å². The van der Waals surface area contributed by atoms with E-state index in [0.29, 0.717) is 0 Å². The van der Waals surface area contributed by atoms with Crippen LogP contribution in [-0.4, -0.2) is 18.6 Å². The Kier molecular flexibility index (Phi) is 3.78. The zero-order valence-corrected chi connectivity index (χ0v) is 11.8. The lowest BCUT2D eigenvalue weighted by atomic mass is 10.2. The zero-order chi connectivity index (χ0) is 14.9. The Morgan fingerprint density at radius 3 is 2.60 bits per heavy atom. The van der Waals surface area contributed by atoms with E-state index in [0.717, 1.165) is 12.1 Å². The fourth-order valence-corrected chi connectivity index (χ4v) is 2.88. The third-order valence-electron chi connectivity index (χ3n) is 2.45. The third kappa shape index (κ3) is 2.97. The van der Waals surface area contributed by atoms with Crippen molar-refractivity contribution in [3.05, 3.63) is 40.8 Å². The standard InChI is InChI=1S/C11H10ClFN4O2S/c1-6-4-7(13)8(14)5-9(6)20(18,19)17-11-3-2-10(12)15-16-11/h2-5H,14H2,1H3,(H,16,17). The number of rotatable bonds is 3. The first-order valence-electron chi connectivity index (χ1n) is 5.37. The first-order chi connectivity index (χ1) is 9.29. The topological polar surface area (TPSA) is 98.0 Å². The normalized spacial score (nSPS) is 11.3. The van der Waals surface area contributed by atoms with Crippen molar-refractivity contribution >= 4 is 33.1 Å². The average molecular weight is 317 g/mol. The van der Waals surface area contributed by atoms with Crippen LogP contribution in [0.4, 0.5) is 15.9 Å². The first-order valence-corrected chi connectivity index (χ1v) is 7.23. The number of sulfonamides is 1. The maximum atomic E-state index is 13.2. The molecule has 0 fully saturated rings. The molecule has 0 aliphatic heterocycles. The Morgan fingerprint density at radius 1 is 1.30 bits per heavy atom. The van der Waals surface area contributed by atoms with Crippen molar-refractivity contribution in [1.82, 2.24) is 10.2 Å². The van der Waals surface area contributed by atoms with E-state index in [9.17, 15) is 12.8 Å². The molecule has 0 aliphatic rings. The molecule has 1 aromatic carbocycles. The molecular weight excluding hydrogens is 307 g/mol. The highest BCUT2D eigenvalue weighted by Crippen LogP contribution is 2.23. The minimum Gasteiger partial charge on any atom is -0.396 e. The molecule has 3 N–H and O–H groups in total. The average Bonchev–Trinajstić information content (AvgIpc) is 2.36. The van der Waals surface area contributed by atoms with E-state index in [4.69, 9.17) is 17.3 Å². The van der Waals surface area contributed by atoms with Gasteiger partial charge in [0.1, 0.15) is 5.82 Å². The second-order valence-corrected chi connectivity index (χ2v) is 6.02. The van der Waals surface area contributed by atoms with Gasteiger partial charge in [-0.15, -0.1) is 10.2 Å². The van der Waals surface area contributed by atoms with Crippen molar-refractivity contribution < 1.29 is 12.8 Å². The molecule has 0 spiro atoms. The third-order valence-corrected chi connectivity index (χ3v) is 4.15. The molecule has 1 aromatic heterocycles. The molecule has 0 aliphatic carbocycles. The van der Waals surface area contributed by atoms with Crippen LogP contribution in [0, 0.1) is 12.7 Å². The maximum absolute atomic E-state index is 13.2. The molecule has 2 aromatic rings. The van der Waals surface area contributed by atoms with Crippen molar-refractivity contribution in [2.75, 3.05) is 10.5 Å². The van der Waals surface area contributed by atoms with Crippen molar-refractivity contribution in [2.24, 2.45) is 0 Å². The number of nitrogens with zero attached hydrogens (tertiary/aromatic N) is 2. The highest BCUT2D eigenvalue weighted by Gasteiger charge is 2.19. The Balaban J connectivity index is 2.40. The van der Waals surface area contributed by atoms with E-state index in [-0.39, 0.29) is 27.1 Å². The number of nitrogens with one attached hydrogen (secondary N) is 1. The highest BCUT2D eigenvalue weighted by molar-refractivity contribution is 7.92. The summed E-state index contributed by atoms with van der Waals surface area (Å²) < 4.78 is 39.8. The smallest absolute Gasteiger partial charge is 0.263 e. The van der Waals surface area contributed by atoms with Crippen LogP contribution in [0.1, 0.15) is 5.56 Å². The predicted molar refractivity (Wildman–Crippen MR) is 73.4 cm³/mol. The number of aromatic nitrogens is 2. The number of benzene rings is 1. The molecule has 0 atom stereocenters. The number of aryl methyl sites for hydroxylation is 1. The van der Waals surface area contributed by atoms with Crippen LogP contribution in [0.3, 0.4) is 0 Å². The minimum atomic E-state index is -3.94. The van der Waals surface area contributed by atoms with Crippen LogP contribution in [0.25, 0.3) is 0 Å². The van der Waals surface area contributed by atoms with Gasteiger partial charge in [0.15, 0.2) is 11.0 Å². The lowest BCUT2D eigenvalue weighted by Crippen LogP contribution is -2.16. The summed E-state index contributed by atoms with van der Waals surface area (Å²) in [5.74, 6) is -0.676. The highest BCUT2D eigenvalue weighted by atomic mass is 35.5. The van der Waals surface area contributed by atoms with Crippen LogP contribution in [0.15, 0.2) is 29.2 Å². The van der Waals surface area contributed by atoms with Crippen LogP contribution in [-0.2, 0) is 10.0 Å². The van der Waals surface area contributed by atoms with E-state index in [1.807, 2.05) is 0 Å². The molecule has 2 rings (SSSR count). The molecule has 6 nitrogen and oxygen atoms in total. The van der Waals surface area contributed by atoms with Gasteiger partial charge in [0.05, 0.1) is 10.6 Å². The second kappa shape index (κ2) is 5.22. The largest absolute Gasteiger partial charge is 0.396 e. The summed E-state index contributed by atoms with van der Waals surface area (Å²) in [7, 11) is -3.94. The van der Waals surface area contributed by atoms with Crippen LogP contribution < -0.4 is 10.5 Å². The summed E-state index contributed by atoms with van der Waals surface area (Å²) in [6.07, 6.45) is 0. The van der Waals surface area contributed by atoms with Gasteiger partial charge in [-0.05, 0) is 36.8 Å². The molecule has 0 saturated carbocycles. The van der Waals surface area contributed by atoms with Crippen molar-refractivity contribution in [1.29, 1.82) is 0 Å².